The molecular weight excluding hydrogens is 587 g/mol. The molecular formula is C25H23BrCl2N4O3S. The smallest absolute Gasteiger partial charge is 0.265 e. The average Bonchev–Trinajstić information content (AvgIpc) is 3.52. The summed E-state index contributed by atoms with van der Waals surface area (Å²) in [5.41, 5.74) is 3.06. The van der Waals surface area contributed by atoms with Crippen LogP contribution in [0, 0.1) is 6.92 Å². The summed E-state index contributed by atoms with van der Waals surface area (Å²) in [6, 6.07) is 7.14. The van der Waals surface area contributed by atoms with E-state index in [4.69, 9.17) is 33.0 Å². The molecule has 0 aliphatic carbocycles. The number of nitrogens with zero attached hydrogens (tertiary/aromatic N) is 4. The summed E-state index contributed by atoms with van der Waals surface area (Å²) < 4.78 is 1.93. The molecule has 7 nitrogen and oxygen atoms in total. The molecule has 11 heteroatoms. The third kappa shape index (κ3) is 5.25. The lowest BCUT2D eigenvalue weighted by atomic mass is 9.97. The standard InChI is InChI=1S/C25H23BrCl2N4O3S/c1-14-9-16(26)25(34)32(11-14)12-22(33)31-7-5-15(6-8-31)24-29-20(13-36-24)19-10-21(35-30-19)23-17(27)3-2-4-18(23)28/h2-4,9,11,13,15,21H,5-8,10,12H2,1H3. The number of carbonyl (C=O) groups is 1. The Morgan fingerprint density at radius 1 is 1.25 bits per heavy atom. The van der Waals surface area contributed by atoms with Crippen molar-refractivity contribution in [3.8, 4) is 0 Å². The summed E-state index contributed by atoms with van der Waals surface area (Å²) in [6.45, 7) is 3.21. The summed E-state index contributed by atoms with van der Waals surface area (Å²) in [7, 11) is 0. The Labute approximate surface area is 230 Å². The molecule has 5 rings (SSSR count). The first-order valence-corrected chi connectivity index (χ1v) is 14.0. The molecule has 0 radical (unpaired) electrons. The molecule has 1 amide bonds. The van der Waals surface area contributed by atoms with Gasteiger partial charge in [-0.15, -0.1) is 11.3 Å². The van der Waals surface area contributed by atoms with Gasteiger partial charge in [0.25, 0.3) is 5.56 Å². The van der Waals surface area contributed by atoms with Crippen LogP contribution in [0.3, 0.4) is 0 Å². The number of halogens is 3. The summed E-state index contributed by atoms with van der Waals surface area (Å²) in [6.07, 6.45) is 3.59. The first kappa shape index (κ1) is 25.4. The van der Waals surface area contributed by atoms with Gasteiger partial charge >= 0.3 is 0 Å². The van der Waals surface area contributed by atoms with Crippen molar-refractivity contribution in [2.24, 2.45) is 5.16 Å². The van der Waals surface area contributed by atoms with Crippen molar-refractivity contribution in [2.75, 3.05) is 13.1 Å². The Morgan fingerprint density at radius 2 is 1.97 bits per heavy atom. The average molecular weight is 610 g/mol. The van der Waals surface area contributed by atoms with Gasteiger partial charge in [-0.25, -0.2) is 4.98 Å². The van der Waals surface area contributed by atoms with Gasteiger partial charge in [-0.1, -0.05) is 34.4 Å². The maximum absolute atomic E-state index is 12.8. The van der Waals surface area contributed by atoms with E-state index in [1.54, 1.807) is 41.8 Å². The minimum atomic E-state index is -0.331. The van der Waals surface area contributed by atoms with Crippen molar-refractivity contribution in [2.45, 2.75) is 44.8 Å². The Balaban J connectivity index is 1.18. The van der Waals surface area contributed by atoms with Crippen molar-refractivity contribution < 1.29 is 9.63 Å². The van der Waals surface area contributed by atoms with E-state index in [0.29, 0.717) is 34.0 Å². The first-order chi connectivity index (χ1) is 17.3. The lowest BCUT2D eigenvalue weighted by molar-refractivity contribution is -0.132. The third-order valence-corrected chi connectivity index (χ3v) is 8.72. The quantitative estimate of drug-likeness (QED) is 0.358. The van der Waals surface area contributed by atoms with E-state index in [2.05, 4.69) is 21.1 Å². The Morgan fingerprint density at radius 3 is 2.69 bits per heavy atom. The molecule has 2 aliphatic heterocycles. The zero-order valence-electron chi connectivity index (χ0n) is 19.4. The highest BCUT2D eigenvalue weighted by molar-refractivity contribution is 9.10. The molecule has 1 unspecified atom stereocenters. The summed E-state index contributed by atoms with van der Waals surface area (Å²) in [5.74, 6) is 0.231. The number of pyridine rings is 1. The van der Waals surface area contributed by atoms with Crippen LogP contribution in [0.1, 0.15) is 53.1 Å². The summed E-state index contributed by atoms with van der Waals surface area (Å²) >= 11 is 17.6. The van der Waals surface area contributed by atoms with Crippen LogP contribution >= 0.6 is 50.5 Å². The Hall–Kier alpha value is -2.20. The van der Waals surface area contributed by atoms with Gasteiger partial charge in [0.2, 0.25) is 5.91 Å². The molecule has 1 aromatic carbocycles. The maximum atomic E-state index is 12.8. The Bertz CT molecular complexity index is 1380. The van der Waals surface area contributed by atoms with Crippen LogP contribution in [0.15, 0.2) is 50.3 Å². The molecule has 0 saturated carbocycles. The molecule has 1 fully saturated rings. The lowest BCUT2D eigenvalue weighted by Gasteiger charge is -2.31. The number of hydrogen-bond donors (Lipinski definition) is 0. The first-order valence-electron chi connectivity index (χ1n) is 11.6. The molecule has 4 heterocycles. The highest BCUT2D eigenvalue weighted by Gasteiger charge is 2.30. The molecule has 188 valence electrons. The van der Waals surface area contributed by atoms with E-state index >= 15 is 0 Å². The number of hydrogen-bond acceptors (Lipinski definition) is 6. The summed E-state index contributed by atoms with van der Waals surface area (Å²) in [5, 5.41) is 8.42. The maximum Gasteiger partial charge on any atom is 0.265 e. The molecule has 0 bridgehead atoms. The Kier molecular flexibility index (Phi) is 7.53. The predicted molar refractivity (Wildman–Crippen MR) is 145 cm³/mol. The van der Waals surface area contributed by atoms with Crippen LogP contribution in [0.25, 0.3) is 0 Å². The van der Waals surface area contributed by atoms with Gasteiger partial charge < -0.3 is 14.3 Å². The minimum Gasteiger partial charge on any atom is -0.387 e. The second-order valence-electron chi connectivity index (χ2n) is 9.00. The number of aryl methyl sites for hydroxylation is 1. The van der Waals surface area contributed by atoms with Crippen LogP contribution in [0.4, 0.5) is 0 Å². The zero-order chi connectivity index (χ0) is 25.4. The van der Waals surface area contributed by atoms with E-state index in [1.165, 1.54) is 4.57 Å². The van der Waals surface area contributed by atoms with E-state index in [-0.39, 0.29) is 30.0 Å². The van der Waals surface area contributed by atoms with Crippen molar-refractivity contribution in [1.29, 1.82) is 0 Å². The van der Waals surface area contributed by atoms with Crippen LogP contribution < -0.4 is 5.56 Å². The molecule has 2 aliphatic rings. The molecule has 1 saturated heterocycles. The highest BCUT2D eigenvalue weighted by atomic mass is 79.9. The number of amides is 1. The van der Waals surface area contributed by atoms with Gasteiger partial charge in [0.1, 0.15) is 12.3 Å². The van der Waals surface area contributed by atoms with Crippen molar-refractivity contribution in [1.82, 2.24) is 14.5 Å². The van der Waals surface area contributed by atoms with E-state index in [0.717, 1.165) is 40.4 Å². The predicted octanol–water partition coefficient (Wildman–Crippen LogP) is 5.95. The molecule has 0 N–H and O–H groups in total. The van der Waals surface area contributed by atoms with Gasteiger partial charge in [-0.05, 0) is 59.5 Å². The van der Waals surface area contributed by atoms with Gasteiger partial charge in [-0.3, -0.25) is 9.59 Å². The molecule has 3 aromatic rings. The van der Waals surface area contributed by atoms with E-state index < -0.39 is 0 Å². The monoisotopic (exact) mass is 608 g/mol. The van der Waals surface area contributed by atoms with Gasteiger partial charge in [0.05, 0.1) is 15.2 Å². The van der Waals surface area contributed by atoms with Crippen LogP contribution in [-0.2, 0) is 16.2 Å². The van der Waals surface area contributed by atoms with Crippen LogP contribution in [0.2, 0.25) is 10.0 Å². The molecule has 36 heavy (non-hydrogen) atoms. The second kappa shape index (κ2) is 10.7. The normalized spacial score (nSPS) is 18.3. The number of piperidine rings is 1. The van der Waals surface area contributed by atoms with Crippen molar-refractivity contribution in [3.63, 3.8) is 0 Å². The zero-order valence-corrected chi connectivity index (χ0v) is 23.3. The van der Waals surface area contributed by atoms with Crippen molar-refractivity contribution >= 4 is 62.1 Å². The number of oxime groups is 1. The van der Waals surface area contributed by atoms with Gasteiger partial charge in [0, 0.05) is 52.6 Å². The molecule has 0 spiro atoms. The fourth-order valence-electron chi connectivity index (χ4n) is 4.59. The molecule has 2 aromatic heterocycles. The number of thiazole rings is 1. The second-order valence-corrected chi connectivity index (χ2v) is 11.6. The third-order valence-electron chi connectivity index (χ3n) is 6.49. The lowest BCUT2D eigenvalue weighted by Crippen LogP contribution is -2.41. The number of rotatable bonds is 5. The summed E-state index contributed by atoms with van der Waals surface area (Å²) in [4.78, 5) is 37.5. The fourth-order valence-corrected chi connectivity index (χ4v) is 6.82. The van der Waals surface area contributed by atoms with Crippen LogP contribution in [0.5, 0.6) is 0 Å². The number of aromatic nitrogens is 2. The number of likely N-dealkylation sites (tertiary alicyclic amines) is 1. The fraction of sp³-hybridized carbons (Fsp3) is 0.360. The number of benzene rings is 1. The van der Waals surface area contributed by atoms with E-state index in [9.17, 15) is 9.59 Å². The van der Waals surface area contributed by atoms with E-state index in [1.807, 2.05) is 17.2 Å². The topological polar surface area (TPSA) is 76.8 Å². The minimum absolute atomic E-state index is 0.0433. The van der Waals surface area contributed by atoms with Gasteiger partial charge in [0.15, 0.2) is 6.10 Å². The molecule has 1 atom stereocenters. The highest BCUT2D eigenvalue weighted by Crippen LogP contribution is 2.39. The SMILES string of the molecule is Cc1cc(Br)c(=O)n(CC(=O)N2CCC(c3nc(C4=NOC(c5c(Cl)cccc5Cl)C4)cs3)CC2)c1. The number of carbonyl (C=O) groups excluding carboxylic acids is 1. The van der Waals surface area contributed by atoms with Crippen molar-refractivity contribution in [3.05, 3.63) is 82.5 Å². The van der Waals surface area contributed by atoms with Gasteiger partial charge in [-0.2, -0.15) is 0 Å². The largest absolute Gasteiger partial charge is 0.387 e. The van der Waals surface area contributed by atoms with Crippen LogP contribution in [-0.4, -0.2) is 39.2 Å².